The summed E-state index contributed by atoms with van der Waals surface area (Å²) in [4.78, 5) is 0. The lowest BCUT2D eigenvalue weighted by Gasteiger charge is -0.577. The van der Waals surface area contributed by atoms with Crippen LogP contribution in [0, 0.1) is 10.8 Å². The van der Waals surface area contributed by atoms with Gasteiger partial charge in [-0.15, -0.1) is 0 Å². The van der Waals surface area contributed by atoms with Crippen LogP contribution in [0.25, 0.3) is 0 Å². The zero-order valence-electron chi connectivity index (χ0n) is 2.39. The summed E-state index contributed by atoms with van der Waals surface area (Å²) in [6.07, 6.45) is 0. The molecular weight excluding hydrogens is 76.0 g/mol. The van der Waals surface area contributed by atoms with Crippen LogP contribution in [0.2, 0.25) is 0 Å². The van der Waals surface area contributed by atoms with Gasteiger partial charge in [-0.2, -0.15) is 0 Å². The van der Waals surface area contributed by atoms with E-state index in [0.29, 0.717) is 0 Å². The van der Waals surface area contributed by atoms with Crippen molar-refractivity contribution < 1.29 is 16.4 Å². The van der Waals surface area contributed by atoms with Crippen molar-refractivity contribution in [2.24, 2.45) is 0 Å². The molecule has 5 nitrogen and oxygen atoms in total. The second kappa shape index (κ2) is 35.6. The Morgan fingerprint density at radius 1 is 0.600 bits per heavy atom. The molecule has 0 radical (unpaired) electrons. The van der Waals surface area contributed by atoms with Gasteiger partial charge in [-0.1, -0.05) is 0 Å². The topological polar surface area (TPSA) is 142 Å². The summed E-state index contributed by atoms with van der Waals surface area (Å²) >= 11 is 0. The molecule has 0 aromatic carbocycles. The minimum atomic E-state index is 0. The zero-order valence-corrected chi connectivity index (χ0v) is 2.39. The lowest BCUT2D eigenvalue weighted by molar-refractivity contribution is 0.823. The fourth-order valence-electron chi connectivity index (χ4n) is 0. The molecule has 0 aliphatic rings. The first-order chi connectivity index (χ1) is 1.00. The SMILES string of the molecule is N#N.O.O.O. The Hall–Kier alpha value is -0.700. The predicted molar refractivity (Wildman–Crippen MR) is 14.3 cm³/mol. The molecule has 5 heteroatoms. The molecule has 0 aromatic heterocycles. The zero-order chi connectivity index (χ0) is 2.00. The van der Waals surface area contributed by atoms with E-state index in [1.54, 1.807) is 0 Å². The summed E-state index contributed by atoms with van der Waals surface area (Å²) in [6, 6.07) is 0. The quantitative estimate of drug-likeness (QED) is 0.299. The average molecular weight is 82.1 g/mol. The van der Waals surface area contributed by atoms with Crippen LogP contribution >= 0.6 is 0 Å². The van der Waals surface area contributed by atoms with Crippen molar-refractivity contribution in [3.63, 3.8) is 0 Å². The van der Waals surface area contributed by atoms with Crippen molar-refractivity contribution >= 4 is 0 Å². The highest BCUT2D eigenvalue weighted by Gasteiger charge is 0.577. The van der Waals surface area contributed by atoms with Crippen molar-refractivity contribution in [3.8, 4) is 0 Å². The summed E-state index contributed by atoms with van der Waals surface area (Å²) < 4.78 is 0. The maximum atomic E-state index is 6.00. The molecule has 34 valence electrons. The van der Waals surface area contributed by atoms with Gasteiger partial charge in [0.15, 0.2) is 0 Å². The highest BCUT2D eigenvalue weighted by molar-refractivity contribution is 2.30. The first-order valence-electron chi connectivity index (χ1n) is 0.200. The van der Waals surface area contributed by atoms with Gasteiger partial charge in [0.05, 0.1) is 0 Å². The van der Waals surface area contributed by atoms with E-state index in [2.05, 4.69) is 0 Å². The van der Waals surface area contributed by atoms with Gasteiger partial charge in [-0.3, -0.25) is 0 Å². The minimum Gasteiger partial charge on any atom is -0.412 e. The molecule has 0 aliphatic carbocycles. The van der Waals surface area contributed by atoms with Gasteiger partial charge in [-0.25, -0.2) is 0 Å². The average Bonchev–Trinajstić information content (AvgIpc) is 1.00. The fraction of sp³-hybridized carbons (Fsp3) is 0. The molecular formula is H6N2O3. The maximum absolute atomic E-state index is 6.00. The molecule has 0 aromatic rings. The molecule has 0 rings (SSSR count). The van der Waals surface area contributed by atoms with E-state index in [4.69, 9.17) is 10.8 Å². The molecule has 0 atom stereocenters. The highest BCUT2D eigenvalue weighted by Crippen LogP contribution is 0.592. The normalized spacial score (nSPS) is 0.400. The van der Waals surface area contributed by atoms with Crippen LogP contribution in [-0.2, 0) is 0 Å². The van der Waals surface area contributed by atoms with Gasteiger partial charge < -0.3 is 16.4 Å². The molecule has 0 amide bonds. The Morgan fingerprint density at radius 2 is 0.600 bits per heavy atom. The van der Waals surface area contributed by atoms with Crippen LogP contribution < -0.4 is 0 Å². The molecule has 0 saturated heterocycles. The van der Waals surface area contributed by atoms with Crippen molar-refractivity contribution in [2.75, 3.05) is 0 Å². The Kier molecular flexibility index (Phi) is 3710. The Bertz CT molecular complexity index is 9.61. The van der Waals surface area contributed by atoms with Crippen molar-refractivity contribution in [1.29, 1.82) is 10.8 Å². The van der Waals surface area contributed by atoms with E-state index in [1.165, 1.54) is 0 Å². The molecule has 0 bridgehead atoms. The standard InChI is InChI=1S/N2.3H2O/c1-2;;;/h;3*1H2. The van der Waals surface area contributed by atoms with Crippen LogP contribution in [0.15, 0.2) is 0 Å². The van der Waals surface area contributed by atoms with Crippen molar-refractivity contribution in [2.45, 2.75) is 0 Å². The molecule has 0 heterocycles. The molecule has 0 saturated carbocycles. The highest BCUT2D eigenvalue weighted by atomic mass is 16.0. The van der Waals surface area contributed by atoms with Crippen LogP contribution in [0.5, 0.6) is 0 Å². The van der Waals surface area contributed by atoms with Gasteiger partial charge in [0.2, 0.25) is 0 Å². The van der Waals surface area contributed by atoms with E-state index < -0.39 is 0 Å². The minimum absolute atomic E-state index is 0. The van der Waals surface area contributed by atoms with Crippen molar-refractivity contribution in [1.82, 2.24) is 0 Å². The first-order valence-corrected chi connectivity index (χ1v) is 0.200. The number of rotatable bonds is 0. The first kappa shape index (κ1) is 520. The van der Waals surface area contributed by atoms with Gasteiger partial charge in [-0.05, 0) is 0 Å². The second-order valence-corrected chi connectivity index (χ2v) is 0. The molecule has 0 aliphatic heterocycles. The third-order valence-electron chi connectivity index (χ3n) is 0. The Balaban J connectivity index is -0.00000000167. The fourth-order valence-corrected chi connectivity index (χ4v) is 0. The van der Waals surface area contributed by atoms with E-state index in [0.717, 1.165) is 0 Å². The van der Waals surface area contributed by atoms with Crippen LogP contribution in [0.4, 0.5) is 0 Å². The third-order valence-corrected chi connectivity index (χ3v) is 0. The smallest absolute Gasteiger partial charge is 0 e. The van der Waals surface area contributed by atoms with Gasteiger partial charge >= 0.3 is 0 Å². The van der Waals surface area contributed by atoms with Crippen LogP contribution in [0.1, 0.15) is 0 Å². The summed E-state index contributed by atoms with van der Waals surface area (Å²) in [5.74, 6) is 0. The lowest BCUT2D eigenvalue weighted by atomic mass is 13.4. The number of hydrogen-bond donors (Lipinski definition) is 0. The summed E-state index contributed by atoms with van der Waals surface area (Å²) in [5, 5.41) is 12.0. The van der Waals surface area contributed by atoms with Crippen molar-refractivity contribution in [3.05, 3.63) is 0 Å². The number of nitrogens with zero attached hydrogens (tertiary/aromatic N) is 2. The molecule has 0 fully saturated rings. The largest absolute Gasteiger partial charge is 0.412 e. The molecule has 0 spiro atoms. The van der Waals surface area contributed by atoms with E-state index >= 15 is 0 Å². The van der Waals surface area contributed by atoms with Gasteiger partial charge in [0.1, 0.15) is 0 Å². The van der Waals surface area contributed by atoms with E-state index in [-0.39, 0.29) is 16.4 Å². The van der Waals surface area contributed by atoms with Gasteiger partial charge in [0, 0.05) is 10.8 Å². The van der Waals surface area contributed by atoms with E-state index in [9.17, 15) is 0 Å². The molecule has 6 N–H and O–H groups in total. The van der Waals surface area contributed by atoms with Crippen LogP contribution in [-0.4, -0.2) is 16.4 Å². The Labute approximate surface area is 28.6 Å². The summed E-state index contributed by atoms with van der Waals surface area (Å²) in [7, 11) is 0. The number of hydrogen-bond acceptors (Lipinski definition) is 2. The van der Waals surface area contributed by atoms with E-state index in [1.807, 2.05) is 0 Å². The maximum Gasteiger partial charge on any atom is 0 e. The van der Waals surface area contributed by atoms with Crippen LogP contribution in [0.3, 0.4) is 0 Å². The van der Waals surface area contributed by atoms with Gasteiger partial charge in [0.25, 0.3) is 0 Å². The molecule has 0 unspecified atom stereocenters. The summed E-state index contributed by atoms with van der Waals surface area (Å²) in [5.41, 5.74) is 0. The lowest BCUT2D eigenvalue weighted by Crippen LogP contribution is -0.562. The second-order valence-electron chi connectivity index (χ2n) is 0. The third kappa shape index (κ3) is 11.4. The Morgan fingerprint density at radius 3 is 0.600 bits per heavy atom. The predicted octanol–water partition coefficient (Wildman–Crippen LogP) is -2.44. The monoisotopic (exact) mass is 82.0 g/mol. The summed E-state index contributed by atoms with van der Waals surface area (Å²) in [6.45, 7) is 0. The molecule has 5 heavy (non-hydrogen) atoms.